The van der Waals surface area contributed by atoms with Gasteiger partial charge >= 0.3 is 5.97 Å². The summed E-state index contributed by atoms with van der Waals surface area (Å²) >= 11 is 0. The van der Waals surface area contributed by atoms with E-state index in [9.17, 15) is 9.90 Å². The number of hydrogen-bond donors (Lipinski definition) is 2. The maximum Gasteiger partial charge on any atom is 0.320 e. The number of fused-ring (bicyclic) bond motifs is 1. The fourth-order valence-corrected chi connectivity index (χ4v) is 2.73. The van der Waals surface area contributed by atoms with E-state index in [0.29, 0.717) is 6.54 Å². The van der Waals surface area contributed by atoms with Gasteiger partial charge in [0.2, 0.25) is 0 Å². The van der Waals surface area contributed by atoms with Crippen LogP contribution in [0.1, 0.15) is 43.4 Å². The molecule has 2 rings (SSSR count). The molecule has 2 atom stereocenters. The lowest BCUT2D eigenvalue weighted by Crippen LogP contribution is -2.41. The molecule has 3 nitrogen and oxygen atoms in total. The number of aryl methyl sites for hydroxylation is 2. The third kappa shape index (κ3) is 3.35. The molecule has 1 aliphatic carbocycles. The van der Waals surface area contributed by atoms with Crippen molar-refractivity contribution in [2.24, 2.45) is 5.92 Å². The average molecular weight is 261 g/mol. The predicted octanol–water partition coefficient (Wildman–Crippen LogP) is 2.76. The van der Waals surface area contributed by atoms with Gasteiger partial charge < -0.3 is 10.4 Å². The van der Waals surface area contributed by atoms with Crippen LogP contribution in [0.3, 0.4) is 0 Å². The molecule has 0 saturated heterocycles. The Morgan fingerprint density at radius 2 is 2.11 bits per heavy atom. The molecule has 3 heteroatoms. The third-order valence-corrected chi connectivity index (χ3v) is 4.17. The zero-order chi connectivity index (χ0) is 13.8. The molecule has 104 valence electrons. The van der Waals surface area contributed by atoms with Gasteiger partial charge in [-0.3, -0.25) is 4.79 Å². The van der Waals surface area contributed by atoms with E-state index >= 15 is 0 Å². The summed E-state index contributed by atoms with van der Waals surface area (Å²) in [5, 5.41) is 12.4. The summed E-state index contributed by atoms with van der Waals surface area (Å²) in [4.78, 5) is 11.2. The molecule has 0 bridgehead atoms. The summed E-state index contributed by atoms with van der Waals surface area (Å²) in [7, 11) is 0. The molecule has 0 aliphatic heterocycles. The lowest BCUT2D eigenvalue weighted by molar-refractivity contribution is -0.140. The lowest BCUT2D eigenvalue weighted by Gasteiger charge is -2.20. The van der Waals surface area contributed by atoms with Crippen LogP contribution in [0.5, 0.6) is 0 Å². The highest BCUT2D eigenvalue weighted by Crippen LogP contribution is 2.23. The summed E-state index contributed by atoms with van der Waals surface area (Å²) in [6, 6.07) is 6.08. The molecule has 0 heterocycles. The van der Waals surface area contributed by atoms with Crippen LogP contribution in [-0.2, 0) is 24.2 Å². The van der Waals surface area contributed by atoms with Crippen molar-refractivity contribution >= 4 is 5.97 Å². The summed E-state index contributed by atoms with van der Waals surface area (Å²) in [6.45, 7) is 4.64. The number of carbonyl (C=O) groups is 1. The van der Waals surface area contributed by atoms with Gasteiger partial charge in [0, 0.05) is 6.54 Å². The maximum absolute atomic E-state index is 11.2. The highest BCUT2D eigenvalue weighted by Gasteiger charge is 2.22. The van der Waals surface area contributed by atoms with Gasteiger partial charge in [-0.05, 0) is 41.9 Å². The van der Waals surface area contributed by atoms with E-state index in [4.69, 9.17) is 0 Å². The smallest absolute Gasteiger partial charge is 0.320 e. The fraction of sp³-hybridized carbons (Fsp3) is 0.562. The Morgan fingerprint density at radius 3 is 2.79 bits per heavy atom. The topological polar surface area (TPSA) is 49.3 Å². The molecule has 0 fully saturated rings. The van der Waals surface area contributed by atoms with E-state index < -0.39 is 12.0 Å². The SMILES string of the molecule is CC[C@H](C)[C@H](NCc1ccc2c(c1)CCC2)C(=O)O. The van der Waals surface area contributed by atoms with Gasteiger partial charge in [0.15, 0.2) is 0 Å². The number of nitrogens with one attached hydrogen (secondary N) is 1. The molecule has 0 amide bonds. The molecular weight excluding hydrogens is 238 g/mol. The first kappa shape index (κ1) is 14.1. The lowest BCUT2D eigenvalue weighted by atomic mass is 9.98. The van der Waals surface area contributed by atoms with Crippen molar-refractivity contribution in [2.75, 3.05) is 0 Å². The molecule has 1 aliphatic rings. The first-order valence-electron chi connectivity index (χ1n) is 7.18. The number of rotatable bonds is 6. The molecule has 0 radical (unpaired) electrons. The minimum absolute atomic E-state index is 0.145. The molecule has 1 aromatic rings. The molecular formula is C16H23NO2. The van der Waals surface area contributed by atoms with Gasteiger partial charge in [0.05, 0.1) is 0 Å². The highest BCUT2D eigenvalue weighted by atomic mass is 16.4. The van der Waals surface area contributed by atoms with Crippen molar-refractivity contribution < 1.29 is 9.90 Å². The Kier molecular flexibility index (Phi) is 4.59. The van der Waals surface area contributed by atoms with Crippen LogP contribution in [0.4, 0.5) is 0 Å². The Balaban J connectivity index is 1.99. The van der Waals surface area contributed by atoms with Crippen LogP contribution in [0.25, 0.3) is 0 Å². The van der Waals surface area contributed by atoms with Crippen LogP contribution < -0.4 is 5.32 Å². The highest BCUT2D eigenvalue weighted by molar-refractivity contribution is 5.73. The van der Waals surface area contributed by atoms with Crippen molar-refractivity contribution in [1.29, 1.82) is 0 Å². The first-order valence-corrected chi connectivity index (χ1v) is 7.18. The predicted molar refractivity (Wildman–Crippen MR) is 76.2 cm³/mol. The standard InChI is InChI=1S/C16H23NO2/c1-3-11(2)15(16(18)19)17-10-12-7-8-13-5-4-6-14(13)9-12/h7-9,11,15,17H,3-6,10H2,1-2H3,(H,18,19)/t11-,15-/m0/s1. The Bertz CT molecular complexity index is 456. The van der Waals surface area contributed by atoms with E-state index in [1.807, 2.05) is 13.8 Å². The normalized spacial score (nSPS) is 16.9. The number of carboxylic acid groups (broad SMARTS) is 1. The van der Waals surface area contributed by atoms with E-state index in [0.717, 1.165) is 12.8 Å². The van der Waals surface area contributed by atoms with Crippen molar-refractivity contribution in [2.45, 2.75) is 52.1 Å². The minimum atomic E-state index is -0.754. The molecule has 0 unspecified atom stereocenters. The molecule has 2 N–H and O–H groups in total. The summed E-state index contributed by atoms with van der Waals surface area (Å²) in [5.74, 6) is -0.609. The van der Waals surface area contributed by atoms with E-state index in [-0.39, 0.29) is 5.92 Å². The largest absolute Gasteiger partial charge is 0.480 e. The van der Waals surface area contributed by atoms with Gasteiger partial charge in [0.1, 0.15) is 6.04 Å². The Labute approximate surface area is 115 Å². The summed E-state index contributed by atoms with van der Waals surface area (Å²) < 4.78 is 0. The van der Waals surface area contributed by atoms with Crippen LogP contribution in [0.2, 0.25) is 0 Å². The Morgan fingerprint density at radius 1 is 1.37 bits per heavy atom. The van der Waals surface area contributed by atoms with Gasteiger partial charge in [-0.15, -0.1) is 0 Å². The van der Waals surface area contributed by atoms with E-state index in [2.05, 4.69) is 23.5 Å². The number of hydrogen-bond acceptors (Lipinski definition) is 2. The zero-order valence-electron chi connectivity index (χ0n) is 11.8. The Hall–Kier alpha value is -1.35. The maximum atomic E-state index is 11.2. The summed E-state index contributed by atoms with van der Waals surface area (Å²) in [5.41, 5.74) is 4.09. The molecule has 19 heavy (non-hydrogen) atoms. The minimum Gasteiger partial charge on any atom is -0.480 e. The van der Waals surface area contributed by atoms with Crippen LogP contribution in [0, 0.1) is 5.92 Å². The number of carboxylic acids is 1. The van der Waals surface area contributed by atoms with Crippen molar-refractivity contribution in [3.05, 3.63) is 34.9 Å². The number of aliphatic carboxylic acids is 1. The molecule has 1 aromatic carbocycles. The molecule has 0 spiro atoms. The van der Waals surface area contributed by atoms with Crippen molar-refractivity contribution in [3.63, 3.8) is 0 Å². The second kappa shape index (κ2) is 6.20. The van der Waals surface area contributed by atoms with Gasteiger partial charge in [-0.2, -0.15) is 0 Å². The molecule has 0 aromatic heterocycles. The van der Waals surface area contributed by atoms with Crippen LogP contribution in [0.15, 0.2) is 18.2 Å². The second-order valence-electron chi connectivity index (χ2n) is 5.54. The van der Waals surface area contributed by atoms with Gasteiger partial charge in [-0.25, -0.2) is 0 Å². The van der Waals surface area contributed by atoms with Crippen LogP contribution in [-0.4, -0.2) is 17.1 Å². The monoisotopic (exact) mass is 261 g/mol. The van der Waals surface area contributed by atoms with Crippen molar-refractivity contribution in [1.82, 2.24) is 5.32 Å². The summed E-state index contributed by atoms with van der Waals surface area (Å²) in [6.07, 6.45) is 4.47. The van der Waals surface area contributed by atoms with E-state index in [1.165, 1.54) is 29.5 Å². The van der Waals surface area contributed by atoms with Gasteiger partial charge in [0.25, 0.3) is 0 Å². The first-order chi connectivity index (χ1) is 9.11. The number of benzene rings is 1. The third-order valence-electron chi connectivity index (χ3n) is 4.17. The van der Waals surface area contributed by atoms with Gasteiger partial charge in [-0.1, -0.05) is 38.5 Å². The quantitative estimate of drug-likeness (QED) is 0.828. The molecule has 0 saturated carbocycles. The van der Waals surface area contributed by atoms with E-state index in [1.54, 1.807) is 0 Å². The van der Waals surface area contributed by atoms with Crippen molar-refractivity contribution in [3.8, 4) is 0 Å². The second-order valence-corrected chi connectivity index (χ2v) is 5.54. The zero-order valence-corrected chi connectivity index (χ0v) is 11.8. The van der Waals surface area contributed by atoms with Crippen LogP contribution >= 0.6 is 0 Å². The fourth-order valence-electron chi connectivity index (χ4n) is 2.73. The average Bonchev–Trinajstić information content (AvgIpc) is 2.85.